The third-order valence-corrected chi connectivity index (χ3v) is 2.01. The fraction of sp³-hybridized carbons (Fsp3) is 0.250. The van der Waals surface area contributed by atoms with Gasteiger partial charge in [-0.2, -0.15) is 0 Å². The van der Waals surface area contributed by atoms with Crippen molar-refractivity contribution in [2.75, 3.05) is 0 Å². The van der Waals surface area contributed by atoms with Crippen LogP contribution < -0.4 is 0 Å². The lowest BCUT2D eigenvalue weighted by molar-refractivity contribution is -0.136. The summed E-state index contributed by atoms with van der Waals surface area (Å²) in [4.78, 5) is 10.2. The van der Waals surface area contributed by atoms with E-state index in [4.69, 9.17) is 5.11 Å². The Balaban J connectivity index is 2.52. The molecule has 1 N–H and O–H groups in total. The lowest BCUT2D eigenvalue weighted by Gasteiger charge is -1.97. The molecular weight excluding hydrogens is 176 g/mol. The molecule has 0 radical (unpaired) electrons. The molecule has 0 unspecified atom stereocenters. The van der Waals surface area contributed by atoms with Gasteiger partial charge in [0.25, 0.3) is 0 Å². The minimum Gasteiger partial charge on any atom is -0.481 e. The molecule has 0 atom stereocenters. The monoisotopic (exact) mass is 190 g/mol. The molecule has 0 saturated heterocycles. The number of aryl methyl sites for hydroxylation is 1. The highest BCUT2D eigenvalue weighted by Crippen LogP contribution is 2.09. The third-order valence-electron chi connectivity index (χ3n) is 2.01. The van der Waals surface area contributed by atoms with Crippen LogP contribution in [-0.2, 0) is 4.79 Å². The van der Waals surface area contributed by atoms with Crippen molar-refractivity contribution in [2.45, 2.75) is 19.8 Å². The smallest absolute Gasteiger partial charge is 0.303 e. The minimum absolute atomic E-state index is 0.197. The van der Waals surface area contributed by atoms with Crippen LogP contribution >= 0.6 is 0 Å². The summed E-state index contributed by atoms with van der Waals surface area (Å²) < 4.78 is 0. The van der Waals surface area contributed by atoms with E-state index in [1.807, 2.05) is 43.3 Å². The highest BCUT2D eigenvalue weighted by molar-refractivity contribution is 5.67. The molecule has 0 spiro atoms. The SMILES string of the molecule is Cc1ccccc1/C=C\CCC(=O)O. The van der Waals surface area contributed by atoms with Gasteiger partial charge in [-0.15, -0.1) is 0 Å². The van der Waals surface area contributed by atoms with Crippen LogP contribution in [-0.4, -0.2) is 11.1 Å². The van der Waals surface area contributed by atoms with Gasteiger partial charge in [-0.25, -0.2) is 0 Å². The summed E-state index contributed by atoms with van der Waals surface area (Å²) in [6.07, 6.45) is 4.65. The first-order valence-corrected chi connectivity index (χ1v) is 4.64. The average Bonchev–Trinajstić information content (AvgIpc) is 2.15. The molecule has 0 bridgehead atoms. The Hall–Kier alpha value is -1.57. The molecule has 14 heavy (non-hydrogen) atoms. The minimum atomic E-state index is -0.751. The second-order valence-electron chi connectivity index (χ2n) is 3.19. The quantitative estimate of drug-likeness (QED) is 0.792. The predicted octanol–water partition coefficient (Wildman–Crippen LogP) is 2.87. The number of allylic oxidation sites excluding steroid dienone is 1. The summed E-state index contributed by atoms with van der Waals surface area (Å²) >= 11 is 0. The molecule has 74 valence electrons. The molecular formula is C12H14O2. The average molecular weight is 190 g/mol. The second-order valence-corrected chi connectivity index (χ2v) is 3.19. The fourth-order valence-electron chi connectivity index (χ4n) is 1.19. The molecule has 0 heterocycles. The van der Waals surface area contributed by atoms with Crippen molar-refractivity contribution in [1.29, 1.82) is 0 Å². The van der Waals surface area contributed by atoms with Crippen LogP contribution in [0.25, 0.3) is 6.08 Å². The van der Waals surface area contributed by atoms with E-state index < -0.39 is 5.97 Å². The summed E-state index contributed by atoms with van der Waals surface area (Å²) in [5.74, 6) is -0.751. The first-order valence-electron chi connectivity index (χ1n) is 4.64. The maximum Gasteiger partial charge on any atom is 0.303 e. The van der Waals surface area contributed by atoms with Gasteiger partial charge in [-0.1, -0.05) is 36.4 Å². The van der Waals surface area contributed by atoms with Gasteiger partial charge in [0.1, 0.15) is 0 Å². The zero-order valence-corrected chi connectivity index (χ0v) is 8.23. The summed E-state index contributed by atoms with van der Waals surface area (Å²) in [6, 6.07) is 8.03. The van der Waals surface area contributed by atoms with Gasteiger partial charge in [0.15, 0.2) is 0 Å². The van der Waals surface area contributed by atoms with Gasteiger partial charge in [0.05, 0.1) is 0 Å². The number of hydrogen-bond acceptors (Lipinski definition) is 1. The Morgan fingerprint density at radius 2 is 2.14 bits per heavy atom. The molecule has 0 aliphatic rings. The number of carbonyl (C=O) groups is 1. The van der Waals surface area contributed by atoms with Gasteiger partial charge in [0, 0.05) is 6.42 Å². The first-order chi connectivity index (χ1) is 6.70. The lowest BCUT2D eigenvalue weighted by atomic mass is 10.1. The zero-order valence-electron chi connectivity index (χ0n) is 8.23. The van der Waals surface area contributed by atoms with Crippen molar-refractivity contribution < 1.29 is 9.90 Å². The maximum absolute atomic E-state index is 10.2. The van der Waals surface area contributed by atoms with E-state index in [1.54, 1.807) is 0 Å². The van der Waals surface area contributed by atoms with E-state index >= 15 is 0 Å². The maximum atomic E-state index is 10.2. The number of benzene rings is 1. The number of aliphatic carboxylic acids is 1. The molecule has 0 aliphatic carbocycles. The van der Waals surface area contributed by atoms with E-state index in [0.717, 1.165) is 5.56 Å². The van der Waals surface area contributed by atoms with E-state index in [0.29, 0.717) is 6.42 Å². The Kier molecular flexibility index (Phi) is 3.92. The second kappa shape index (κ2) is 5.22. The van der Waals surface area contributed by atoms with Crippen LogP contribution in [0.3, 0.4) is 0 Å². The van der Waals surface area contributed by atoms with Crippen molar-refractivity contribution in [3.05, 3.63) is 41.5 Å². The van der Waals surface area contributed by atoms with Gasteiger partial charge in [-0.3, -0.25) is 4.79 Å². The number of rotatable bonds is 4. The van der Waals surface area contributed by atoms with Crippen LogP contribution in [0.5, 0.6) is 0 Å². The Labute approximate surface area is 83.9 Å². The Morgan fingerprint density at radius 3 is 2.79 bits per heavy atom. The number of hydrogen-bond donors (Lipinski definition) is 1. The Bertz CT molecular complexity index is 340. The molecule has 0 aromatic heterocycles. The Morgan fingerprint density at radius 1 is 1.43 bits per heavy atom. The van der Waals surface area contributed by atoms with Gasteiger partial charge in [-0.05, 0) is 24.5 Å². The molecule has 1 aromatic carbocycles. The topological polar surface area (TPSA) is 37.3 Å². The van der Waals surface area contributed by atoms with Crippen LogP contribution in [0, 0.1) is 6.92 Å². The number of carboxylic acids is 1. The van der Waals surface area contributed by atoms with E-state index in [9.17, 15) is 4.79 Å². The zero-order chi connectivity index (χ0) is 10.4. The van der Waals surface area contributed by atoms with Gasteiger partial charge in [0.2, 0.25) is 0 Å². The molecule has 0 aliphatic heterocycles. The van der Waals surface area contributed by atoms with Crippen LogP contribution in [0.4, 0.5) is 0 Å². The highest BCUT2D eigenvalue weighted by atomic mass is 16.4. The molecule has 2 nitrogen and oxygen atoms in total. The van der Waals surface area contributed by atoms with Crippen molar-refractivity contribution in [3.8, 4) is 0 Å². The fourth-order valence-corrected chi connectivity index (χ4v) is 1.19. The number of carboxylic acid groups (broad SMARTS) is 1. The normalized spacial score (nSPS) is 10.6. The van der Waals surface area contributed by atoms with Crippen molar-refractivity contribution in [1.82, 2.24) is 0 Å². The van der Waals surface area contributed by atoms with Gasteiger partial charge < -0.3 is 5.11 Å². The van der Waals surface area contributed by atoms with Crippen molar-refractivity contribution in [3.63, 3.8) is 0 Å². The van der Waals surface area contributed by atoms with E-state index in [2.05, 4.69) is 0 Å². The largest absolute Gasteiger partial charge is 0.481 e. The lowest BCUT2D eigenvalue weighted by Crippen LogP contribution is -1.91. The van der Waals surface area contributed by atoms with Gasteiger partial charge >= 0.3 is 5.97 Å². The summed E-state index contributed by atoms with van der Waals surface area (Å²) in [5.41, 5.74) is 2.36. The summed E-state index contributed by atoms with van der Waals surface area (Å²) in [5, 5.41) is 8.43. The first kappa shape index (κ1) is 10.5. The summed E-state index contributed by atoms with van der Waals surface area (Å²) in [7, 11) is 0. The molecule has 2 heteroatoms. The van der Waals surface area contributed by atoms with E-state index in [-0.39, 0.29) is 6.42 Å². The van der Waals surface area contributed by atoms with E-state index in [1.165, 1.54) is 5.56 Å². The summed E-state index contributed by atoms with van der Waals surface area (Å²) in [6.45, 7) is 2.04. The highest BCUT2D eigenvalue weighted by Gasteiger charge is 1.93. The van der Waals surface area contributed by atoms with Crippen LogP contribution in [0.15, 0.2) is 30.3 Å². The molecule has 0 amide bonds. The van der Waals surface area contributed by atoms with Crippen molar-refractivity contribution >= 4 is 12.0 Å². The van der Waals surface area contributed by atoms with Crippen LogP contribution in [0.1, 0.15) is 24.0 Å². The third kappa shape index (κ3) is 3.44. The molecule has 0 fully saturated rings. The molecule has 1 aromatic rings. The molecule has 1 rings (SSSR count). The predicted molar refractivity (Wildman–Crippen MR) is 57.1 cm³/mol. The van der Waals surface area contributed by atoms with Crippen molar-refractivity contribution in [2.24, 2.45) is 0 Å². The van der Waals surface area contributed by atoms with Crippen LogP contribution in [0.2, 0.25) is 0 Å². The molecule has 0 saturated carbocycles. The standard InChI is InChI=1S/C12H14O2/c1-10-6-2-3-7-11(10)8-4-5-9-12(13)14/h2-4,6-8H,5,9H2,1H3,(H,13,14)/b8-4-.